The maximum Gasteiger partial charge on any atom is 0.265 e. The lowest BCUT2D eigenvalue weighted by atomic mass is 10.2. The van der Waals surface area contributed by atoms with Crippen LogP contribution in [-0.2, 0) is 4.79 Å². The van der Waals surface area contributed by atoms with Gasteiger partial charge in [-0.25, -0.2) is 0 Å². The number of amides is 2. The number of ether oxygens (including phenoxy) is 3. The van der Waals surface area contributed by atoms with E-state index in [1.54, 1.807) is 67.6 Å². The first-order valence-corrected chi connectivity index (χ1v) is 10.8. The second-order valence-corrected chi connectivity index (χ2v) is 7.11. The molecule has 7 nitrogen and oxygen atoms in total. The highest BCUT2D eigenvalue weighted by molar-refractivity contribution is 6.05. The minimum absolute atomic E-state index is 0.269. The minimum atomic E-state index is -0.727. The van der Waals surface area contributed by atoms with E-state index < -0.39 is 6.10 Å². The van der Waals surface area contributed by atoms with E-state index in [0.717, 1.165) is 5.75 Å². The van der Waals surface area contributed by atoms with Gasteiger partial charge in [-0.1, -0.05) is 12.1 Å². The van der Waals surface area contributed by atoms with Crippen molar-refractivity contribution >= 4 is 23.2 Å². The van der Waals surface area contributed by atoms with Gasteiger partial charge in [0.2, 0.25) is 0 Å². The molecular formula is C26H28N2O5. The Labute approximate surface area is 193 Å². The third-order valence-corrected chi connectivity index (χ3v) is 4.67. The Morgan fingerprint density at radius 2 is 1.42 bits per heavy atom. The number of hydrogen-bond acceptors (Lipinski definition) is 5. The Kier molecular flexibility index (Phi) is 8.30. The summed E-state index contributed by atoms with van der Waals surface area (Å²) in [6.45, 7) is 6.54. The molecule has 0 saturated heterocycles. The first kappa shape index (κ1) is 23.7. The molecule has 0 radical (unpaired) electrons. The molecule has 0 aliphatic heterocycles. The van der Waals surface area contributed by atoms with Crippen molar-refractivity contribution < 1.29 is 23.8 Å². The van der Waals surface area contributed by atoms with Crippen LogP contribution in [0.1, 0.15) is 31.1 Å². The SMILES string of the molecule is CCOc1ccc(NC(=O)C(C)Oc2ccc(C(=O)Nc3ccccc3OCC)cc2)cc1. The molecule has 0 aliphatic rings. The molecule has 0 heterocycles. The number of anilines is 2. The van der Waals surface area contributed by atoms with Crippen molar-refractivity contribution in [3.05, 3.63) is 78.4 Å². The lowest BCUT2D eigenvalue weighted by Gasteiger charge is -2.15. The number of para-hydroxylation sites is 2. The van der Waals surface area contributed by atoms with Crippen molar-refractivity contribution in [2.75, 3.05) is 23.8 Å². The van der Waals surface area contributed by atoms with Gasteiger partial charge in [0.05, 0.1) is 18.9 Å². The molecule has 0 aliphatic carbocycles. The summed E-state index contributed by atoms with van der Waals surface area (Å²) in [7, 11) is 0. The molecule has 3 aromatic carbocycles. The average molecular weight is 449 g/mol. The molecule has 7 heteroatoms. The monoisotopic (exact) mass is 448 g/mol. The molecule has 0 bridgehead atoms. The van der Waals surface area contributed by atoms with Gasteiger partial charge in [0, 0.05) is 11.3 Å². The van der Waals surface area contributed by atoms with Crippen LogP contribution in [0.4, 0.5) is 11.4 Å². The Balaban J connectivity index is 1.56. The maximum absolute atomic E-state index is 12.6. The molecule has 1 unspecified atom stereocenters. The Morgan fingerprint density at radius 1 is 0.788 bits per heavy atom. The highest BCUT2D eigenvalue weighted by Crippen LogP contribution is 2.25. The van der Waals surface area contributed by atoms with Crippen molar-refractivity contribution in [2.24, 2.45) is 0 Å². The van der Waals surface area contributed by atoms with E-state index in [2.05, 4.69) is 10.6 Å². The van der Waals surface area contributed by atoms with Gasteiger partial charge in [0.1, 0.15) is 17.2 Å². The van der Waals surface area contributed by atoms with Crippen molar-refractivity contribution in [1.29, 1.82) is 0 Å². The van der Waals surface area contributed by atoms with E-state index in [9.17, 15) is 9.59 Å². The summed E-state index contributed by atoms with van der Waals surface area (Å²) in [6, 6.07) is 21.0. The van der Waals surface area contributed by atoms with Crippen LogP contribution < -0.4 is 24.8 Å². The van der Waals surface area contributed by atoms with Gasteiger partial charge >= 0.3 is 0 Å². The van der Waals surface area contributed by atoms with Crippen molar-refractivity contribution in [3.8, 4) is 17.2 Å². The molecule has 0 aromatic heterocycles. The van der Waals surface area contributed by atoms with Crippen molar-refractivity contribution in [3.63, 3.8) is 0 Å². The van der Waals surface area contributed by atoms with Crippen molar-refractivity contribution in [1.82, 2.24) is 0 Å². The zero-order valence-corrected chi connectivity index (χ0v) is 19.0. The number of benzene rings is 3. The maximum atomic E-state index is 12.6. The first-order valence-electron chi connectivity index (χ1n) is 10.8. The highest BCUT2D eigenvalue weighted by Gasteiger charge is 2.16. The summed E-state index contributed by atoms with van der Waals surface area (Å²) >= 11 is 0. The van der Waals surface area contributed by atoms with Gasteiger partial charge < -0.3 is 24.8 Å². The van der Waals surface area contributed by atoms with E-state index >= 15 is 0 Å². The summed E-state index contributed by atoms with van der Waals surface area (Å²) in [6.07, 6.45) is -0.727. The van der Waals surface area contributed by atoms with Gasteiger partial charge in [-0.2, -0.15) is 0 Å². The van der Waals surface area contributed by atoms with E-state index in [1.165, 1.54) is 0 Å². The molecule has 172 valence electrons. The van der Waals surface area contributed by atoms with E-state index in [-0.39, 0.29) is 11.8 Å². The van der Waals surface area contributed by atoms with E-state index in [1.807, 2.05) is 26.0 Å². The summed E-state index contributed by atoms with van der Waals surface area (Å²) in [5.41, 5.74) is 1.71. The third-order valence-electron chi connectivity index (χ3n) is 4.67. The van der Waals surface area contributed by atoms with Gasteiger partial charge in [0.25, 0.3) is 11.8 Å². The molecular weight excluding hydrogens is 420 g/mol. The second kappa shape index (κ2) is 11.6. The molecule has 2 N–H and O–H groups in total. The van der Waals surface area contributed by atoms with Crippen LogP contribution in [0.3, 0.4) is 0 Å². The zero-order valence-electron chi connectivity index (χ0n) is 19.0. The molecule has 3 rings (SSSR count). The topological polar surface area (TPSA) is 85.9 Å². The quantitative estimate of drug-likeness (QED) is 0.448. The van der Waals surface area contributed by atoms with Crippen LogP contribution in [0.15, 0.2) is 72.8 Å². The highest BCUT2D eigenvalue weighted by atomic mass is 16.5. The molecule has 3 aromatic rings. The minimum Gasteiger partial charge on any atom is -0.494 e. The van der Waals surface area contributed by atoms with Crippen molar-refractivity contribution in [2.45, 2.75) is 26.9 Å². The second-order valence-electron chi connectivity index (χ2n) is 7.11. The summed E-state index contributed by atoms with van der Waals surface area (Å²) < 4.78 is 16.7. The number of rotatable bonds is 10. The van der Waals surface area contributed by atoms with Gasteiger partial charge in [-0.15, -0.1) is 0 Å². The largest absolute Gasteiger partial charge is 0.494 e. The lowest BCUT2D eigenvalue weighted by molar-refractivity contribution is -0.122. The number of hydrogen-bond donors (Lipinski definition) is 2. The van der Waals surface area contributed by atoms with Crippen LogP contribution >= 0.6 is 0 Å². The number of carbonyl (C=O) groups excluding carboxylic acids is 2. The summed E-state index contributed by atoms with van der Waals surface area (Å²) in [5, 5.41) is 5.66. The predicted molar refractivity (Wildman–Crippen MR) is 128 cm³/mol. The smallest absolute Gasteiger partial charge is 0.265 e. The molecule has 33 heavy (non-hydrogen) atoms. The molecule has 0 spiro atoms. The van der Waals surface area contributed by atoms with Crippen LogP contribution in [0.25, 0.3) is 0 Å². The normalized spacial score (nSPS) is 11.2. The average Bonchev–Trinajstić information content (AvgIpc) is 2.82. The standard InChI is InChI=1S/C26H28N2O5/c1-4-31-21-16-12-20(13-17-21)27-25(29)18(3)33-22-14-10-19(11-15-22)26(30)28-23-8-6-7-9-24(23)32-5-2/h6-18H,4-5H2,1-3H3,(H,27,29)(H,28,30). The van der Waals surface area contributed by atoms with Crippen LogP contribution in [0.5, 0.6) is 17.2 Å². The lowest BCUT2D eigenvalue weighted by Crippen LogP contribution is -2.30. The van der Waals surface area contributed by atoms with Crippen LogP contribution in [0.2, 0.25) is 0 Å². The molecule has 2 amide bonds. The fourth-order valence-corrected chi connectivity index (χ4v) is 3.03. The Bertz CT molecular complexity index is 1060. The Hall–Kier alpha value is -4.00. The summed E-state index contributed by atoms with van der Waals surface area (Å²) in [5.74, 6) is 1.28. The fraction of sp³-hybridized carbons (Fsp3) is 0.231. The fourth-order valence-electron chi connectivity index (χ4n) is 3.03. The van der Waals surface area contributed by atoms with Crippen LogP contribution in [-0.4, -0.2) is 31.1 Å². The van der Waals surface area contributed by atoms with Gasteiger partial charge in [0.15, 0.2) is 6.10 Å². The Morgan fingerprint density at radius 3 is 2.09 bits per heavy atom. The third kappa shape index (κ3) is 6.74. The molecule has 0 saturated carbocycles. The van der Waals surface area contributed by atoms with E-state index in [0.29, 0.717) is 41.7 Å². The summed E-state index contributed by atoms with van der Waals surface area (Å²) in [4.78, 5) is 25.0. The van der Waals surface area contributed by atoms with E-state index in [4.69, 9.17) is 14.2 Å². The van der Waals surface area contributed by atoms with Crippen LogP contribution in [0, 0.1) is 0 Å². The number of nitrogens with one attached hydrogen (secondary N) is 2. The molecule has 0 fully saturated rings. The van der Waals surface area contributed by atoms with Gasteiger partial charge in [-0.3, -0.25) is 9.59 Å². The number of carbonyl (C=O) groups is 2. The predicted octanol–water partition coefficient (Wildman–Crippen LogP) is 5.14. The van der Waals surface area contributed by atoms with Gasteiger partial charge in [-0.05, 0) is 81.4 Å². The first-order chi connectivity index (χ1) is 16.0. The zero-order chi connectivity index (χ0) is 23.6. The molecule has 1 atom stereocenters.